The Labute approximate surface area is 130 Å². The molecule has 3 N–H and O–H groups in total. The van der Waals surface area contributed by atoms with Crippen LogP contribution in [0.3, 0.4) is 0 Å². The van der Waals surface area contributed by atoms with E-state index in [0.29, 0.717) is 11.5 Å². The van der Waals surface area contributed by atoms with Gasteiger partial charge in [0, 0.05) is 0 Å². The van der Waals surface area contributed by atoms with Crippen LogP contribution in [0, 0.1) is 17.6 Å². The molecule has 3 unspecified atom stereocenters. The summed E-state index contributed by atoms with van der Waals surface area (Å²) in [5, 5.41) is 0. The zero-order chi connectivity index (χ0) is 15.0. The molecule has 2 nitrogen and oxygen atoms in total. The standard InChI is InChI=1S/C16H15BrF2N2/c17-14-10(6-7-13(18)15(14)19)16(21-20)12-8-11(12)9-4-2-1-3-5-9/h1-7,11-12,16,21H,8,20H2. The minimum atomic E-state index is -0.871. The fraction of sp³-hybridized carbons (Fsp3) is 0.250. The Morgan fingerprint density at radius 3 is 2.52 bits per heavy atom. The van der Waals surface area contributed by atoms with Crippen molar-refractivity contribution < 1.29 is 8.78 Å². The van der Waals surface area contributed by atoms with E-state index in [-0.39, 0.29) is 16.4 Å². The van der Waals surface area contributed by atoms with Gasteiger partial charge in [0.1, 0.15) is 0 Å². The van der Waals surface area contributed by atoms with Gasteiger partial charge in [-0.3, -0.25) is 11.3 Å². The van der Waals surface area contributed by atoms with Gasteiger partial charge in [-0.05, 0) is 51.4 Å². The first-order chi connectivity index (χ1) is 10.1. The van der Waals surface area contributed by atoms with E-state index in [4.69, 9.17) is 5.84 Å². The van der Waals surface area contributed by atoms with E-state index in [9.17, 15) is 8.78 Å². The molecule has 0 amide bonds. The highest BCUT2D eigenvalue weighted by Gasteiger charge is 2.44. The number of rotatable bonds is 4. The maximum absolute atomic E-state index is 13.7. The number of benzene rings is 2. The van der Waals surface area contributed by atoms with Crippen molar-refractivity contribution in [3.05, 3.63) is 69.7 Å². The summed E-state index contributed by atoms with van der Waals surface area (Å²) in [6.45, 7) is 0. The molecule has 0 aromatic heterocycles. The van der Waals surface area contributed by atoms with Crippen molar-refractivity contribution in [2.24, 2.45) is 11.8 Å². The van der Waals surface area contributed by atoms with Crippen LogP contribution in [0.15, 0.2) is 46.9 Å². The molecule has 0 saturated heterocycles. The largest absolute Gasteiger partial charge is 0.271 e. The molecule has 3 atom stereocenters. The molecule has 5 heteroatoms. The van der Waals surface area contributed by atoms with Crippen LogP contribution in [-0.4, -0.2) is 0 Å². The Morgan fingerprint density at radius 2 is 1.86 bits per heavy atom. The van der Waals surface area contributed by atoms with Gasteiger partial charge in [0.15, 0.2) is 11.6 Å². The van der Waals surface area contributed by atoms with Gasteiger partial charge in [-0.2, -0.15) is 0 Å². The normalized spacial score (nSPS) is 22.1. The van der Waals surface area contributed by atoms with Crippen molar-refractivity contribution in [2.45, 2.75) is 18.4 Å². The van der Waals surface area contributed by atoms with Crippen molar-refractivity contribution in [3.63, 3.8) is 0 Å². The average Bonchev–Trinajstić information content (AvgIpc) is 3.29. The van der Waals surface area contributed by atoms with Crippen LogP contribution in [0.5, 0.6) is 0 Å². The minimum absolute atomic E-state index is 0.143. The predicted molar refractivity (Wildman–Crippen MR) is 81.4 cm³/mol. The van der Waals surface area contributed by atoms with E-state index < -0.39 is 11.6 Å². The van der Waals surface area contributed by atoms with E-state index in [1.807, 2.05) is 18.2 Å². The molecule has 0 radical (unpaired) electrons. The highest BCUT2D eigenvalue weighted by atomic mass is 79.9. The Morgan fingerprint density at radius 1 is 1.14 bits per heavy atom. The summed E-state index contributed by atoms with van der Waals surface area (Å²) in [6, 6.07) is 12.7. The number of hydrogen-bond acceptors (Lipinski definition) is 2. The first kappa shape index (κ1) is 14.6. The van der Waals surface area contributed by atoms with E-state index in [0.717, 1.165) is 12.5 Å². The summed E-state index contributed by atoms with van der Waals surface area (Å²) >= 11 is 3.13. The first-order valence-corrected chi connectivity index (χ1v) is 7.57. The second-order valence-electron chi connectivity index (χ2n) is 5.33. The lowest BCUT2D eigenvalue weighted by atomic mass is 9.99. The summed E-state index contributed by atoms with van der Waals surface area (Å²) in [4.78, 5) is 0. The van der Waals surface area contributed by atoms with Gasteiger partial charge < -0.3 is 0 Å². The Bertz CT molecular complexity index is 648. The van der Waals surface area contributed by atoms with Gasteiger partial charge in [0.2, 0.25) is 0 Å². The third-order valence-corrected chi connectivity index (χ3v) is 4.88. The highest BCUT2D eigenvalue weighted by molar-refractivity contribution is 9.10. The molecule has 21 heavy (non-hydrogen) atoms. The maximum Gasteiger partial charge on any atom is 0.173 e. The first-order valence-electron chi connectivity index (χ1n) is 6.78. The molecular formula is C16H15BrF2N2. The number of nitrogens with one attached hydrogen (secondary N) is 1. The van der Waals surface area contributed by atoms with Crippen LogP contribution in [-0.2, 0) is 0 Å². The topological polar surface area (TPSA) is 38.0 Å². The zero-order valence-electron chi connectivity index (χ0n) is 11.2. The van der Waals surface area contributed by atoms with E-state index in [1.165, 1.54) is 5.56 Å². The van der Waals surface area contributed by atoms with Crippen LogP contribution in [0.2, 0.25) is 0 Å². The fourth-order valence-corrected chi connectivity index (χ4v) is 3.46. The molecule has 2 aromatic carbocycles. The van der Waals surface area contributed by atoms with Crippen LogP contribution in [0.4, 0.5) is 8.78 Å². The predicted octanol–water partition coefficient (Wildman–Crippen LogP) is 4.04. The van der Waals surface area contributed by atoms with Crippen molar-refractivity contribution in [3.8, 4) is 0 Å². The van der Waals surface area contributed by atoms with Gasteiger partial charge in [0.25, 0.3) is 0 Å². The SMILES string of the molecule is NNC(c1ccc(F)c(F)c1Br)C1CC1c1ccccc1. The van der Waals surface area contributed by atoms with Crippen LogP contribution in [0.25, 0.3) is 0 Å². The molecule has 1 aliphatic rings. The van der Waals surface area contributed by atoms with Gasteiger partial charge in [-0.1, -0.05) is 36.4 Å². The molecule has 1 aliphatic carbocycles. The van der Waals surface area contributed by atoms with E-state index in [1.54, 1.807) is 6.07 Å². The quantitative estimate of drug-likeness (QED) is 0.495. The van der Waals surface area contributed by atoms with Crippen LogP contribution >= 0.6 is 15.9 Å². The number of hydrogen-bond donors (Lipinski definition) is 2. The monoisotopic (exact) mass is 352 g/mol. The molecule has 0 bridgehead atoms. The third kappa shape index (κ3) is 2.73. The zero-order valence-corrected chi connectivity index (χ0v) is 12.8. The molecule has 1 fully saturated rings. The summed E-state index contributed by atoms with van der Waals surface area (Å²) in [7, 11) is 0. The van der Waals surface area contributed by atoms with Crippen LogP contribution < -0.4 is 11.3 Å². The number of halogens is 3. The van der Waals surface area contributed by atoms with E-state index in [2.05, 4.69) is 33.5 Å². The Kier molecular flexibility index (Phi) is 4.06. The second kappa shape index (κ2) is 5.83. The van der Waals surface area contributed by atoms with Crippen molar-refractivity contribution in [1.82, 2.24) is 5.43 Å². The molecule has 2 aromatic rings. The summed E-state index contributed by atoms with van der Waals surface area (Å²) in [6.07, 6.45) is 0.977. The lowest BCUT2D eigenvalue weighted by Gasteiger charge is -2.18. The lowest BCUT2D eigenvalue weighted by molar-refractivity contribution is 0.467. The molecular weight excluding hydrogens is 338 g/mol. The second-order valence-corrected chi connectivity index (χ2v) is 6.12. The smallest absolute Gasteiger partial charge is 0.173 e. The summed E-state index contributed by atoms with van der Waals surface area (Å²) < 4.78 is 27.1. The average molecular weight is 353 g/mol. The van der Waals surface area contributed by atoms with Gasteiger partial charge >= 0.3 is 0 Å². The van der Waals surface area contributed by atoms with Crippen LogP contribution in [0.1, 0.15) is 29.5 Å². The molecule has 0 aliphatic heterocycles. The van der Waals surface area contributed by atoms with Crippen molar-refractivity contribution in [2.75, 3.05) is 0 Å². The van der Waals surface area contributed by atoms with E-state index >= 15 is 0 Å². The lowest BCUT2D eigenvalue weighted by Crippen LogP contribution is -2.30. The fourth-order valence-electron chi connectivity index (χ4n) is 2.89. The van der Waals surface area contributed by atoms with Gasteiger partial charge in [-0.15, -0.1) is 0 Å². The van der Waals surface area contributed by atoms with Crippen molar-refractivity contribution >= 4 is 15.9 Å². The maximum atomic E-state index is 13.7. The summed E-state index contributed by atoms with van der Waals surface area (Å²) in [5.74, 6) is 4.59. The molecule has 0 heterocycles. The summed E-state index contributed by atoms with van der Waals surface area (Å²) in [5.41, 5.74) is 4.65. The molecule has 110 valence electrons. The van der Waals surface area contributed by atoms with Crippen molar-refractivity contribution in [1.29, 1.82) is 0 Å². The molecule has 3 rings (SSSR count). The number of nitrogens with two attached hydrogens (primary N) is 1. The molecule has 1 saturated carbocycles. The minimum Gasteiger partial charge on any atom is -0.271 e. The molecule has 0 spiro atoms. The van der Waals surface area contributed by atoms with Gasteiger partial charge in [0.05, 0.1) is 10.5 Å². The Hall–Kier alpha value is -1.30. The van der Waals surface area contributed by atoms with Gasteiger partial charge in [-0.25, -0.2) is 8.78 Å². The highest BCUT2D eigenvalue weighted by Crippen LogP contribution is 2.54. The third-order valence-electron chi connectivity index (χ3n) is 4.08. The Balaban J connectivity index is 1.86. The number of hydrazine groups is 1.